The van der Waals surface area contributed by atoms with Gasteiger partial charge in [-0.2, -0.15) is 0 Å². The molecule has 1 heterocycles. The molecule has 0 spiro atoms. The summed E-state index contributed by atoms with van der Waals surface area (Å²) in [6.45, 7) is 5.71. The number of amides is 1. The van der Waals surface area contributed by atoms with Crippen molar-refractivity contribution in [1.82, 2.24) is 4.72 Å². The van der Waals surface area contributed by atoms with Gasteiger partial charge >= 0.3 is 5.97 Å². The molecule has 1 amide bonds. The Morgan fingerprint density at radius 2 is 1.96 bits per heavy atom. The number of carboxylic acids is 1. The Kier molecular flexibility index (Phi) is 6.48. The van der Waals surface area contributed by atoms with E-state index in [1.807, 2.05) is 13.8 Å². The summed E-state index contributed by atoms with van der Waals surface area (Å²) in [4.78, 5) is 24.0. The number of anilines is 1. The van der Waals surface area contributed by atoms with E-state index in [2.05, 4.69) is 4.72 Å². The monoisotopic (exact) mass is 398 g/mol. The molecule has 0 bridgehead atoms. The third-order valence-electron chi connectivity index (χ3n) is 4.20. The number of aliphatic carboxylic acids is 1. The molecule has 0 saturated heterocycles. The van der Waals surface area contributed by atoms with E-state index in [9.17, 15) is 18.0 Å². The zero-order valence-electron chi connectivity index (χ0n) is 15.8. The lowest BCUT2D eigenvalue weighted by molar-refractivity contribution is -0.137. The summed E-state index contributed by atoms with van der Waals surface area (Å²) in [5.41, 5.74) is -0.126. The smallest absolute Gasteiger partial charge is 0.303 e. The van der Waals surface area contributed by atoms with Crippen molar-refractivity contribution in [2.45, 2.75) is 57.0 Å². The van der Waals surface area contributed by atoms with Crippen molar-refractivity contribution < 1.29 is 27.9 Å². The fraction of sp³-hybridized carbons (Fsp3) is 0.556. The Bertz CT molecular complexity index is 819. The molecule has 1 aromatic rings. The highest BCUT2D eigenvalue weighted by molar-refractivity contribution is 7.89. The average molecular weight is 398 g/mol. The molecule has 2 N–H and O–H groups in total. The second-order valence-corrected chi connectivity index (χ2v) is 8.97. The second kappa shape index (κ2) is 8.26. The summed E-state index contributed by atoms with van der Waals surface area (Å²) in [6.07, 6.45) is 1.76. The normalized spacial score (nSPS) is 15.7. The molecule has 2 rings (SSSR count). The van der Waals surface area contributed by atoms with Gasteiger partial charge in [-0.3, -0.25) is 9.59 Å². The number of nitrogens with one attached hydrogen (secondary N) is 1. The van der Waals surface area contributed by atoms with E-state index >= 15 is 0 Å². The molecule has 1 aromatic carbocycles. The van der Waals surface area contributed by atoms with Crippen LogP contribution in [-0.2, 0) is 19.6 Å². The maximum atomic E-state index is 12.5. The number of nitrogens with zero attached hydrogens (tertiary/aromatic N) is 1. The lowest BCUT2D eigenvalue weighted by Crippen LogP contribution is -2.48. The van der Waals surface area contributed by atoms with Crippen LogP contribution in [0.5, 0.6) is 5.75 Å². The standard InChI is InChI=1S/C18H26N2O6S/c1-13(21)20-12-18(2,3)26-16-9-8-14(11-15(16)20)27(24,25)19-10-6-4-5-7-17(22)23/h8-9,11,19H,4-7,10,12H2,1-3H3,(H,22,23). The number of hydrogen-bond donors (Lipinski definition) is 2. The maximum Gasteiger partial charge on any atom is 0.303 e. The molecule has 0 fully saturated rings. The largest absolute Gasteiger partial charge is 0.484 e. The number of carbonyl (C=O) groups is 2. The molecule has 27 heavy (non-hydrogen) atoms. The topological polar surface area (TPSA) is 113 Å². The SMILES string of the molecule is CC(=O)N1CC(C)(C)Oc2ccc(S(=O)(=O)NCCCCCC(=O)O)cc21. The fourth-order valence-electron chi connectivity index (χ4n) is 2.91. The van der Waals surface area contributed by atoms with E-state index in [4.69, 9.17) is 9.84 Å². The zero-order valence-corrected chi connectivity index (χ0v) is 16.6. The van der Waals surface area contributed by atoms with Crippen LogP contribution in [0, 0.1) is 0 Å². The van der Waals surface area contributed by atoms with Gasteiger partial charge in [-0.05, 0) is 44.9 Å². The van der Waals surface area contributed by atoms with Crippen LogP contribution in [0.4, 0.5) is 5.69 Å². The Hall–Kier alpha value is -2.13. The molecule has 150 valence electrons. The van der Waals surface area contributed by atoms with Crippen molar-refractivity contribution in [1.29, 1.82) is 0 Å². The first-order valence-electron chi connectivity index (χ1n) is 8.84. The highest BCUT2D eigenvalue weighted by Crippen LogP contribution is 2.38. The van der Waals surface area contributed by atoms with Gasteiger partial charge in [0.25, 0.3) is 0 Å². The van der Waals surface area contributed by atoms with E-state index in [1.165, 1.54) is 24.0 Å². The van der Waals surface area contributed by atoms with Crippen LogP contribution in [0.15, 0.2) is 23.1 Å². The van der Waals surface area contributed by atoms with Crippen LogP contribution in [0.3, 0.4) is 0 Å². The van der Waals surface area contributed by atoms with Crippen LogP contribution >= 0.6 is 0 Å². The van der Waals surface area contributed by atoms with Gasteiger partial charge in [0.05, 0.1) is 17.1 Å². The van der Waals surface area contributed by atoms with Crippen LogP contribution < -0.4 is 14.4 Å². The number of unbranched alkanes of at least 4 members (excludes halogenated alkanes) is 2. The molecule has 0 saturated carbocycles. The van der Waals surface area contributed by atoms with E-state index in [0.29, 0.717) is 37.2 Å². The van der Waals surface area contributed by atoms with Crippen molar-refractivity contribution in [2.75, 3.05) is 18.0 Å². The Balaban J connectivity index is 2.09. The molecule has 0 atom stereocenters. The molecule has 9 heteroatoms. The minimum atomic E-state index is -3.73. The number of sulfonamides is 1. The third kappa shape index (κ3) is 5.67. The highest BCUT2D eigenvalue weighted by atomic mass is 32.2. The van der Waals surface area contributed by atoms with E-state index in [1.54, 1.807) is 6.07 Å². The van der Waals surface area contributed by atoms with Gasteiger partial charge in [0, 0.05) is 19.9 Å². The van der Waals surface area contributed by atoms with Crippen molar-refractivity contribution in [3.05, 3.63) is 18.2 Å². The molecule has 8 nitrogen and oxygen atoms in total. The van der Waals surface area contributed by atoms with Gasteiger partial charge in [-0.1, -0.05) is 6.42 Å². The first-order valence-corrected chi connectivity index (χ1v) is 10.3. The first kappa shape index (κ1) is 21.2. The molecule has 1 aliphatic rings. The van der Waals surface area contributed by atoms with Gasteiger partial charge in [-0.15, -0.1) is 0 Å². The molecular formula is C18H26N2O6S. The van der Waals surface area contributed by atoms with E-state index < -0.39 is 21.6 Å². The van der Waals surface area contributed by atoms with E-state index in [0.717, 1.165) is 0 Å². The van der Waals surface area contributed by atoms with Crippen molar-refractivity contribution in [3.8, 4) is 5.75 Å². The van der Waals surface area contributed by atoms with Gasteiger partial charge in [-0.25, -0.2) is 13.1 Å². The number of rotatable bonds is 8. The number of carboxylic acid groups (broad SMARTS) is 1. The predicted octanol–water partition coefficient (Wildman–Crippen LogP) is 2.13. The van der Waals surface area contributed by atoms with Gasteiger partial charge in [0.1, 0.15) is 11.4 Å². The predicted molar refractivity (Wildman–Crippen MR) is 100 cm³/mol. The molecule has 0 aliphatic carbocycles. The zero-order chi connectivity index (χ0) is 20.2. The van der Waals surface area contributed by atoms with Crippen molar-refractivity contribution >= 4 is 27.6 Å². The van der Waals surface area contributed by atoms with Gasteiger partial charge in [0.2, 0.25) is 15.9 Å². The van der Waals surface area contributed by atoms with Crippen LogP contribution in [0.1, 0.15) is 46.5 Å². The van der Waals surface area contributed by atoms with Crippen LogP contribution in [0.25, 0.3) is 0 Å². The summed E-state index contributed by atoms with van der Waals surface area (Å²) < 4.78 is 33.4. The lowest BCUT2D eigenvalue weighted by atomic mass is 10.1. The van der Waals surface area contributed by atoms with Crippen LogP contribution in [0.2, 0.25) is 0 Å². The minimum absolute atomic E-state index is 0.0568. The number of ether oxygens (including phenoxy) is 1. The summed E-state index contributed by atoms with van der Waals surface area (Å²) >= 11 is 0. The van der Waals surface area contributed by atoms with Crippen molar-refractivity contribution in [2.24, 2.45) is 0 Å². The maximum absolute atomic E-state index is 12.5. The molecule has 0 unspecified atom stereocenters. The summed E-state index contributed by atoms with van der Waals surface area (Å²) in [7, 11) is -3.73. The van der Waals surface area contributed by atoms with Crippen molar-refractivity contribution in [3.63, 3.8) is 0 Å². The number of carbonyl (C=O) groups excluding carboxylic acids is 1. The summed E-state index contributed by atoms with van der Waals surface area (Å²) in [6, 6.07) is 4.46. The van der Waals surface area contributed by atoms with Gasteiger partial charge < -0.3 is 14.7 Å². The fourth-order valence-corrected chi connectivity index (χ4v) is 4.00. The summed E-state index contributed by atoms with van der Waals surface area (Å²) in [5, 5.41) is 8.59. The quantitative estimate of drug-likeness (QED) is 0.649. The van der Waals surface area contributed by atoms with Crippen LogP contribution in [-0.4, -0.2) is 44.1 Å². The summed E-state index contributed by atoms with van der Waals surface area (Å²) in [5.74, 6) is -0.576. The Morgan fingerprint density at radius 3 is 2.59 bits per heavy atom. The molecule has 0 radical (unpaired) electrons. The minimum Gasteiger partial charge on any atom is -0.484 e. The Labute approximate surface area is 159 Å². The highest BCUT2D eigenvalue weighted by Gasteiger charge is 2.34. The second-order valence-electron chi connectivity index (χ2n) is 7.20. The molecular weight excluding hydrogens is 372 g/mol. The number of benzene rings is 1. The third-order valence-corrected chi connectivity index (χ3v) is 5.65. The molecule has 1 aliphatic heterocycles. The van der Waals surface area contributed by atoms with Gasteiger partial charge in [0.15, 0.2) is 0 Å². The van der Waals surface area contributed by atoms with E-state index in [-0.39, 0.29) is 23.8 Å². The lowest BCUT2D eigenvalue weighted by Gasteiger charge is -2.39. The average Bonchev–Trinajstić information content (AvgIpc) is 2.55. The first-order chi connectivity index (χ1) is 12.5. The molecule has 0 aromatic heterocycles. The Morgan fingerprint density at radius 1 is 1.26 bits per heavy atom. The number of hydrogen-bond acceptors (Lipinski definition) is 5. The number of fused-ring (bicyclic) bond motifs is 1.